The fourth-order valence-corrected chi connectivity index (χ4v) is 5.87. The summed E-state index contributed by atoms with van der Waals surface area (Å²) < 4.78 is 27.7. The Morgan fingerprint density at radius 2 is 1.96 bits per heavy atom. The number of rotatable bonds is 3. The molecule has 1 aliphatic heterocycles. The van der Waals surface area contributed by atoms with Crippen molar-refractivity contribution >= 4 is 38.9 Å². The van der Waals surface area contributed by atoms with Crippen molar-refractivity contribution in [3.63, 3.8) is 0 Å². The van der Waals surface area contributed by atoms with Crippen molar-refractivity contribution in [2.75, 3.05) is 7.05 Å². The number of halogens is 1. The zero-order chi connectivity index (χ0) is 16.6. The molecule has 0 aliphatic carbocycles. The van der Waals surface area contributed by atoms with Gasteiger partial charge < -0.3 is 5.32 Å². The minimum atomic E-state index is -3.78. The SMILES string of the molecule is CNC(=O)C1Cc2ccccc2CN1S(=O)(=O)c1ccc(Cl)s1. The number of hydrogen-bond donors (Lipinski definition) is 1. The molecule has 0 saturated heterocycles. The largest absolute Gasteiger partial charge is 0.358 e. The van der Waals surface area contributed by atoms with Gasteiger partial charge in [0.05, 0.1) is 4.34 Å². The second-order valence-corrected chi connectivity index (χ2v) is 9.04. The average molecular weight is 371 g/mol. The monoisotopic (exact) mass is 370 g/mol. The lowest BCUT2D eigenvalue weighted by Crippen LogP contribution is -2.51. The highest BCUT2D eigenvalue weighted by Crippen LogP contribution is 2.33. The van der Waals surface area contributed by atoms with Gasteiger partial charge in [0.2, 0.25) is 5.91 Å². The van der Waals surface area contributed by atoms with Crippen molar-refractivity contribution in [3.8, 4) is 0 Å². The zero-order valence-corrected chi connectivity index (χ0v) is 14.7. The van der Waals surface area contributed by atoms with Crippen molar-refractivity contribution in [2.45, 2.75) is 23.2 Å². The molecule has 1 atom stereocenters. The molecule has 1 aromatic heterocycles. The summed E-state index contributed by atoms with van der Waals surface area (Å²) in [6.07, 6.45) is 0.355. The Balaban J connectivity index is 2.06. The smallest absolute Gasteiger partial charge is 0.253 e. The molecule has 122 valence electrons. The van der Waals surface area contributed by atoms with Gasteiger partial charge in [0.1, 0.15) is 10.3 Å². The van der Waals surface area contributed by atoms with E-state index in [0.717, 1.165) is 22.5 Å². The number of fused-ring (bicyclic) bond motifs is 1. The Hall–Kier alpha value is -1.41. The van der Waals surface area contributed by atoms with Crippen LogP contribution in [0.2, 0.25) is 4.34 Å². The summed E-state index contributed by atoms with van der Waals surface area (Å²) in [4.78, 5) is 12.2. The summed E-state index contributed by atoms with van der Waals surface area (Å²) in [6.45, 7) is 0.173. The molecule has 0 bridgehead atoms. The normalized spacial score (nSPS) is 18.4. The predicted octanol–water partition coefficient (Wildman–Crippen LogP) is 2.26. The van der Waals surface area contributed by atoms with Crippen molar-refractivity contribution in [1.82, 2.24) is 9.62 Å². The number of carbonyl (C=O) groups is 1. The van der Waals surface area contributed by atoms with Gasteiger partial charge in [-0.1, -0.05) is 35.9 Å². The Kier molecular flexibility index (Phi) is 4.46. The summed E-state index contributed by atoms with van der Waals surface area (Å²) in [5.41, 5.74) is 1.91. The van der Waals surface area contributed by atoms with Gasteiger partial charge >= 0.3 is 0 Å². The molecule has 3 rings (SSSR count). The molecule has 0 radical (unpaired) electrons. The summed E-state index contributed by atoms with van der Waals surface area (Å²) in [7, 11) is -2.27. The van der Waals surface area contributed by atoms with Crippen LogP contribution in [-0.2, 0) is 27.8 Å². The van der Waals surface area contributed by atoms with Crippen LogP contribution in [0.3, 0.4) is 0 Å². The molecule has 2 aromatic rings. The quantitative estimate of drug-likeness (QED) is 0.901. The van der Waals surface area contributed by atoms with Crippen LogP contribution in [0.1, 0.15) is 11.1 Å². The fourth-order valence-electron chi connectivity index (χ4n) is 2.69. The summed E-state index contributed by atoms with van der Waals surface area (Å²) in [6, 6.07) is 9.84. The molecule has 1 N–H and O–H groups in total. The van der Waals surface area contributed by atoms with E-state index in [1.165, 1.54) is 17.4 Å². The van der Waals surface area contributed by atoms with E-state index in [-0.39, 0.29) is 16.7 Å². The number of benzene rings is 1. The minimum Gasteiger partial charge on any atom is -0.358 e. The molecular formula is C15H15ClN2O3S2. The highest BCUT2D eigenvalue weighted by molar-refractivity contribution is 7.91. The summed E-state index contributed by atoms with van der Waals surface area (Å²) >= 11 is 6.86. The molecule has 5 nitrogen and oxygen atoms in total. The van der Waals surface area contributed by atoms with Gasteiger partial charge in [0.15, 0.2) is 0 Å². The van der Waals surface area contributed by atoms with Crippen LogP contribution in [0.5, 0.6) is 0 Å². The lowest BCUT2D eigenvalue weighted by atomic mass is 9.95. The third kappa shape index (κ3) is 3.01. The lowest BCUT2D eigenvalue weighted by molar-refractivity contribution is -0.124. The molecule has 1 amide bonds. The van der Waals surface area contributed by atoms with E-state index in [9.17, 15) is 13.2 Å². The van der Waals surface area contributed by atoms with Crippen molar-refractivity contribution in [1.29, 1.82) is 0 Å². The van der Waals surface area contributed by atoms with E-state index >= 15 is 0 Å². The average Bonchev–Trinajstić information content (AvgIpc) is 3.00. The van der Waals surface area contributed by atoms with Gasteiger partial charge in [0, 0.05) is 13.6 Å². The Labute approximate surface area is 143 Å². The maximum absolute atomic E-state index is 12.9. The standard InChI is InChI=1S/C15H15ClN2O3S2/c1-17-15(19)12-8-10-4-2-3-5-11(10)9-18(12)23(20,21)14-7-6-13(16)22-14/h2-7,12H,8-9H2,1H3,(H,17,19). The first-order chi connectivity index (χ1) is 10.9. The van der Waals surface area contributed by atoms with Gasteiger partial charge in [-0.3, -0.25) is 4.79 Å². The van der Waals surface area contributed by atoms with Gasteiger partial charge in [-0.2, -0.15) is 4.31 Å². The van der Waals surface area contributed by atoms with Gasteiger partial charge in [0.25, 0.3) is 10.0 Å². The Morgan fingerprint density at radius 1 is 1.26 bits per heavy atom. The van der Waals surface area contributed by atoms with E-state index in [1.807, 2.05) is 24.3 Å². The Bertz CT molecular complexity index is 848. The second-order valence-electron chi connectivity index (χ2n) is 5.21. The van der Waals surface area contributed by atoms with E-state index in [0.29, 0.717) is 10.8 Å². The van der Waals surface area contributed by atoms with Gasteiger partial charge in [-0.05, 0) is 29.7 Å². The molecule has 0 fully saturated rings. The highest BCUT2D eigenvalue weighted by atomic mass is 35.5. The molecule has 0 spiro atoms. The number of nitrogens with one attached hydrogen (secondary N) is 1. The minimum absolute atomic E-state index is 0.149. The number of amides is 1. The third-order valence-corrected chi connectivity index (χ3v) is 7.42. The van der Waals surface area contributed by atoms with Gasteiger partial charge in [-0.15, -0.1) is 11.3 Å². The molecule has 1 aliphatic rings. The molecular weight excluding hydrogens is 356 g/mol. The first-order valence-electron chi connectivity index (χ1n) is 6.99. The number of hydrogen-bond acceptors (Lipinski definition) is 4. The van der Waals surface area contributed by atoms with Crippen LogP contribution in [-0.4, -0.2) is 31.7 Å². The van der Waals surface area contributed by atoms with Crippen molar-refractivity contribution < 1.29 is 13.2 Å². The molecule has 0 saturated carbocycles. The third-order valence-electron chi connectivity index (χ3n) is 3.87. The first-order valence-corrected chi connectivity index (χ1v) is 9.62. The van der Waals surface area contributed by atoms with E-state index in [1.54, 1.807) is 6.07 Å². The van der Waals surface area contributed by atoms with Crippen molar-refractivity contribution in [2.24, 2.45) is 0 Å². The van der Waals surface area contributed by atoms with E-state index in [4.69, 9.17) is 11.6 Å². The maximum Gasteiger partial charge on any atom is 0.253 e. The fraction of sp³-hybridized carbons (Fsp3) is 0.267. The van der Waals surface area contributed by atoms with E-state index in [2.05, 4.69) is 5.32 Å². The van der Waals surface area contributed by atoms with Crippen LogP contribution in [0.4, 0.5) is 0 Å². The molecule has 1 aromatic carbocycles. The lowest BCUT2D eigenvalue weighted by Gasteiger charge is -2.34. The number of likely N-dealkylation sites (N-methyl/N-ethyl adjacent to an activating group) is 1. The number of carbonyl (C=O) groups excluding carboxylic acids is 1. The zero-order valence-electron chi connectivity index (χ0n) is 12.3. The molecule has 2 heterocycles. The second kappa shape index (κ2) is 6.24. The number of sulfonamides is 1. The summed E-state index contributed by atoms with van der Waals surface area (Å²) in [5.74, 6) is -0.314. The van der Waals surface area contributed by atoms with E-state index < -0.39 is 16.1 Å². The molecule has 23 heavy (non-hydrogen) atoms. The topological polar surface area (TPSA) is 66.5 Å². The molecule has 1 unspecified atom stereocenters. The molecule has 8 heteroatoms. The van der Waals surface area contributed by atoms with Crippen LogP contribution in [0, 0.1) is 0 Å². The highest BCUT2D eigenvalue weighted by Gasteiger charge is 2.39. The number of nitrogens with zero attached hydrogens (tertiary/aromatic N) is 1. The van der Waals surface area contributed by atoms with Crippen LogP contribution < -0.4 is 5.32 Å². The summed E-state index contributed by atoms with van der Waals surface area (Å²) in [5, 5.41) is 2.56. The Morgan fingerprint density at radius 3 is 2.57 bits per heavy atom. The number of thiophene rings is 1. The van der Waals surface area contributed by atoms with Crippen LogP contribution in [0.25, 0.3) is 0 Å². The van der Waals surface area contributed by atoms with Crippen LogP contribution in [0.15, 0.2) is 40.6 Å². The maximum atomic E-state index is 12.9. The predicted molar refractivity (Wildman–Crippen MR) is 90.1 cm³/mol. The van der Waals surface area contributed by atoms with Crippen molar-refractivity contribution in [3.05, 3.63) is 51.9 Å². The first kappa shape index (κ1) is 16.4. The van der Waals surface area contributed by atoms with Gasteiger partial charge in [-0.25, -0.2) is 8.42 Å². The van der Waals surface area contributed by atoms with Crippen LogP contribution >= 0.6 is 22.9 Å².